The van der Waals surface area contributed by atoms with E-state index in [9.17, 15) is 9.59 Å². The Balaban J connectivity index is 1.66. The highest BCUT2D eigenvalue weighted by atomic mass is 16.5. The average molecular weight is 484 g/mol. The molecule has 0 spiro atoms. The monoisotopic (exact) mass is 483 g/mol. The summed E-state index contributed by atoms with van der Waals surface area (Å²) < 4.78 is 16.5. The maximum absolute atomic E-state index is 13.6. The Bertz CT molecular complexity index is 1310. The fourth-order valence-corrected chi connectivity index (χ4v) is 4.34. The van der Waals surface area contributed by atoms with Crippen molar-refractivity contribution in [2.24, 2.45) is 0 Å². The summed E-state index contributed by atoms with van der Waals surface area (Å²) in [6, 6.07) is 24.7. The highest BCUT2D eigenvalue weighted by Crippen LogP contribution is 2.38. The highest BCUT2D eigenvalue weighted by molar-refractivity contribution is 6.16. The molecule has 36 heavy (non-hydrogen) atoms. The van der Waals surface area contributed by atoms with Gasteiger partial charge in [-0.1, -0.05) is 66.7 Å². The minimum atomic E-state index is -0.551. The van der Waals surface area contributed by atoms with Crippen molar-refractivity contribution in [2.75, 3.05) is 14.2 Å². The Labute approximate surface area is 211 Å². The smallest absolute Gasteiger partial charge is 0.340 e. The molecule has 1 aliphatic rings. The summed E-state index contributed by atoms with van der Waals surface area (Å²) in [6.07, 6.45) is 1.69. The van der Waals surface area contributed by atoms with Gasteiger partial charge in [0, 0.05) is 5.70 Å². The van der Waals surface area contributed by atoms with Crippen LogP contribution < -0.4 is 9.47 Å². The summed E-state index contributed by atoms with van der Waals surface area (Å²) in [5.74, 6) is 0.304. The number of allylic oxidation sites excluding steroid dienone is 1. The van der Waals surface area contributed by atoms with Crippen molar-refractivity contribution in [1.29, 1.82) is 0 Å². The standard InChI is InChI=1S/C30H29NO5/c1-20(24-13-9-6-10-14-24)31-21(2)28(30(33)35-4)25(29(31)32)17-23-15-16-26(27(18-23)34-3)36-19-22-11-7-5-8-12-22/h5-18,20H,19H2,1-4H3/b25-17-/t20-/m0/s1. The van der Waals surface area contributed by atoms with Crippen LogP contribution in [-0.2, 0) is 20.9 Å². The van der Waals surface area contributed by atoms with Crippen LogP contribution in [0.25, 0.3) is 6.08 Å². The second-order valence-electron chi connectivity index (χ2n) is 8.46. The van der Waals surface area contributed by atoms with Crippen molar-refractivity contribution >= 4 is 18.0 Å². The van der Waals surface area contributed by atoms with Crippen molar-refractivity contribution in [3.8, 4) is 11.5 Å². The number of ether oxygens (including phenoxy) is 3. The molecule has 184 valence electrons. The maximum atomic E-state index is 13.6. The lowest BCUT2D eigenvalue weighted by atomic mass is 10.0. The van der Waals surface area contributed by atoms with Gasteiger partial charge in [0.2, 0.25) is 0 Å². The fourth-order valence-electron chi connectivity index (χ4n) is 4.34. The third-order valence-electron chi connectivity index (χ3n) is 6.24. The van der Waals surface area contributed by atoms with E-state index in [2.05, 4.69) is 0 Å². The maximum Gasteiger partial charge on any atom is 0.340 e. The number of hydrogen-bond donors (Lipinski definition) is 0. The van der Waals surface area contributed by atoms with Gasteiger partial charge in [-0.25, -0.2) is 4.79 Å². The van der Waals surface area contributed by atoms with Gasteiger partial charge in [-0.2, -0.15) is 0 Å². The first kappa shape index (κ1) is 24.8. The third kappa shape index (κ3) is 5.03. The number of nitrogens with zero attached hydrogens (tertiary/aromatic N) is 1. The van der Waals surface area contributed by atoms with Gasteiger partial charge in [0.25, 0.3) is 5.91 Å². The van der Waals surface area contributed by atoms with Gasteiger partial charge in [0.15, 0.2) is 11.5 Å². The zero-order valence-electron chi connectivity index (χ0n) is 20.9. The van der Waals surface area contributed by atoms with Crippen molar-refractivity contribution < 1.29 is 23.8 Å². The van der Waals surface area contributed by atoms with Crippen LogP contribution >= 0.6 is 0 Å². The van der Waals surface area contributed by atoms with E-state index < -0.39 is 5.97 Å². The van der Waals surface area contributed by atoms with Gasteiger partial charge in [-0.05, 0) is 48.7 Å². The lowest BCUT2D eigenvalue weighted by Crippen LogP contribution is -2.28. The SMILES string of the molecule is COC(=O)C1=C(C)N([C@@H](C)c2ccccc2)C(=O)/C1=C\c1ccc(OCc2ccccc2)c(OC)c1. The number of methoxy groups -OCH3 is 2. The molecule has 1 amide bonds. The van der Waals surface area contributed by atoms with Crippen LogP contribution in [0.3, 0.4) is 0 Å². The van der Waals surface area contributed by atoms with Crippen molar-refractivity contribution in [3.05, 3.63) is 112 Å². The highest BCUT2D eigenvalue weighted by Gasteiger charge is 2.39. The second kappa shape index (κ2) is 11.0. The first-order chi connectivity index (χ1) is 17.4. The van der Waals surface area contributed by atoms with Crippen molar-refractivity contribution in [1.82, 2.24) is 4.90 Å². The molecule has 0 N–H and O–H groups in total. The van der Waals surface area contributed by atoms with Crippen LogP contribution in [0.4, 0.5) is 0 Å². The van der Waals surface area contributed by atoms with E-state index in [4.69, 9.17) is 14.2 Å². The largest absolute Gasteiger partial charge is 0.493 e. The average Bonchev–Trinajstić information content (AvgIpc) is 3.16. The normalized spacial score (nSPS) is 15.3. The number of amides is 1. The molecule has 1 atom stereocenters. The number of carbonyl (C=O) groups is 2. The molecule has 0 radical (unpaired) electrons. The molecular formula is C30H29NO5. The lowest BCUT2D eigenvalue weighted by Gasteiger charge is -2.26. The Morgan fingerprint density at radius 3 is 2.25 bits per heavy atom. The first-order valence-electron chi connectivity index (χ1n) is 11.7. The molecule has 0 saturated carbocycles. The summed E-state index contributed by atoms with van der Waals surface area (Å²) >= 11 is 0. The predicted octanol–water partition coefficient (Wildman–Crippen LogP) is 5.71. The summed E-state index contributed by atoms with van der Waals surface area (Å²) in [4.78, 5) is 28.0. The molecule has 0 fully saturated rings. The molecule has 1 heterocycles. The van der Waals surface area contributed by atoms with Crippen LogP contribution in [0.15, 0.2) is 95.7 Å². The van der Waals surface area contributed by atoms with Crippen LogP contribution in [0.2, 0.25) is 0 Å². The molecule has 6 heteroatoms. The van der Waals surface area contributed by atoms with Crippen LogP contribution in [0.1, 0.15) is 36.6 Å². The second-order valence-corrected chi connectivity index (χ2v) is 8.46. The number of benzene rings is 3. The number of carbonyl (C=O) groups excluding carboxylic acids is 2. The topological polar surface area (TPSA) is 65.1 Å². The van der Waals surface area contributed by atoms with E-state index >= 15 is 0 Å². The Morgan fingerprint density at radius 1 is 0.944 bits per heavy atom. The number of rotatable bonds is 8. The van der Waals surface area contributed by atoms with Crippen molar-refractivity contribution in [2.45, 2.75) is 26.5 Å². The Kier molecular flexibility index (Phi) is 7.54. The quantitative estimate of drug-likeness (QED) is 0.303. The molecule has 3 aromatic carbocycles. The van der Waals surface area contributed by atoms with E-state index in [0.717, 1.165) is 11.1 Å². The molecule has 1 aliphatic heterocycles. The van der Waals surface area contributed by atoms with Gasteiger partial charge < -0.3 is 19.1 Å². The molecule has 6 nitrogen and oxygen atoms in total. The Morgan fingerprint density at radius 2 is 1.61 bits per heavy atom. The van der Waals surface area contributed by atoms with Crippen LogP contribution in [0, 0.1) is 0 Å². The first-order valence-corrected chi connectivity index (χ1v) is 11.7. The van der Waals surface area contributed by atoms with E-state index in [1.165, 1.54) is 7.11 Å². The summed E-state index contributed by atoms with van der Waals surface area (Å²) in [5.41, 5.74) is 3.81. The molecule has 0 bridgehead atoms. The van der Waals surface area contributed by atoms with Gasteiger partial charge in [-0.15, -0.1) is 0 Å². The lowest BCUT2D eigenvalue weighted by molar-refractivity contribution is -0.136. The molecule has 0 aromatic heterocycles. The van der Waals surface area contributed by atoms with E-state index in [1.807, 2.05) is 73.7 Å². The summed E-state index contributed by atoms with van der Waals surface area (Å²) in [6.45, 7) is 4.11. The molecule has 0 aliphatic carbocycles. The summed E-state index contributed by atoms with van der Waals surface area (Å²) in [7, 11) is 2.88. The van der Waals surface area contributed by atoms with Crippen LogP contribution in [0.5, 0.6) is 11.5 Å². The molecule has 3 aromatic rings. The van der Waals surface area contributed by atoms with Gasteiger partial charge in [0.1, 0.15) is 6.61 Å². The molecular weight excluding hydrogens is 454 g/mol. The number of hydrogen-bond acceptors (Lipinski definition) is 5. The van der Waals surface area contributed by atoms with E-state index in [0.29, 0.717) is 29.4 Å². The minimum Gasteiger partial charge on any atom is -0.493 e. The zero-order chi connectivity index (χ0) is 25.7. The van der Waals surface area contributed by atoms with E-state index in [1.54, 1.807) is 37.1 Å². The molecule has 0 saturated heterocycles. The van der Waals surface area contributed by atoms with Gasteiger partial charge in [0.05, 0.1) is 31.4 Å². The minimum absolute atomic E-state index is 0.257. The summed E-state index contributed by atoms with van der Waals surface area (Å²) in [5, 5.41) is 0. The van der Waals surface area contributed by atoms with E-state index in [-0.39, 0.29) is 23.1 Å². The Hall–Kier alpha value is -4.32. The number of esters is 1. The van der Waals surface area contributed by atoms with Crippen LogP contribution in [-0.4, -0.2) is 31.0 Å². The fraction of sp³-hybridized carbons (Fsp3) is 0.200. The van der Waals surface area contributed by atoms with Crippen molar-refractivity contribution in [3.63, 3.8) is 0 Å². The predicted molar refractivity (Wildman–Crippen MR) is 138 cm³/mol. The molecule has 4 rings (SSSR count). The van der Waals surface area contributed by atoms with Gasteiger partial charge >= 0.3 is 5.97 Å². The zero-order valence-corrected chi connectivity index (χ0v) is 20.9. The van der Waals surface area contributed by atoms with Gasteiger partial charge in [-0.3, -0.25) is 4.79 Å². The molecule has 0 unspecified atom stereocenters. The third-order valence-corrected chi connectivity index (χ3v) is 6.24.